The lowest BCUT2D eigenvalue weighted by Gasteiger charge is -2.17. The summed E-state index contributed by atoms with van der Waals surface area (Å²) in [5.41, 5.74) is 5.36. The van der Waals surface area contributed by atoms with Gasteiger partial charge in [0.15, 0.2) is 0 Å². The largest absolute Gasteiger partial charge is 0.313 e. The molecule has 0 saturated carbocycles. The second kappa shape index (κ2) is 5.86. The van der Waals surface area contributed by atoms with Crippen molar-refractivity contribution in [3.63, 3.8) is 0 Å². The fourth-order valence-electron chi connectivity index (χ4n) is 1.85. The highest BCUT2D eigenvalue weighted by molar-refractivity contribution is 5.31. The predicted molar refractivity (Wildman–Crippen MR) is 71.8 cm³/mol. The zero-order valence-electron chi connectivity index (χ0n) is 10.9. The Morgan fingerprint density at radius 2 is 2.00 bits per heavy atom. The summed E-state index contributed by atoms with van der Waals surface area (Å²) in [6.07, 6.45) is 2.20. The molecule has 88 valence electrons. The third kappa shape index (κ3) is 3.49. The van der Waals surface area contributed by atoms with Gasteiger partial charge >= 0.3 is 0 Å². The van der Waals surface area contributed by atoms with Gasteiger partial charge < -0.3 is 5.32 Å². The maximum absolute atomic E-state index is 3.96. The number of nitrogens with one attached hydrogen (secondary N) is 1. The molecule has 0 aliphatic heterocycles. The van der Waals surface area contributed by atoms with Gasteiger partial charge in [0, 0.05) is 6.04 Å². The van der Waals surface area contributed by atoms with Crippen molar-refractivity contribution in [3.05, 3.63) is 47.0 Å². The normalized spacial score (nSPS) is 12.5. The second-order valence-electron chi connectivity index (χ2n) is 4.68. The van der Waals surface area contributed by atoms with Crippen molar-refractivity contribution < 1.29 is 0 Å². The molecule has 1 atom stereocenters. The van der Waals surface area contributed by atoms with E-state index in [0.717, 1.165) is 12.8 Å². The molecule has 0 heterocycles. The minimum absolute atomic E-state index is 0.441. The average molecular weight is 217 g/mol. The smallest absolute Gasteiger partial charge is 0.0320 e. The molecule has 0 radical (unpaired) electrons. The Morgan fingerprint density at radius 1 is 1.31 bits per heavy atom. The standard InChI is InChI=1S/C15H23N/c1-11(2)6-9-15(16-5)14-8-7-12(3)13(4)10-14/h7-8,10,15-16H,1,6,9H2,2-5H3. The van der Waals surface area contributed by atoms with Crippen LogP contribution in [0.3, 0.4) is 0 Å². The molecule has 16 heavy (non-hydrogen) atoms. The summed E-state index contributed by atoms with van der Waals surface area (Å²) in [5, 5.41) is 3.38. The lowest BCUT2D eigenvalue weighted by atomic mass is 9.97. The first kappa shape index (κ1) is 13.0. The van der Waals surface area contributed by atoms with Crippen LogP contribution in [0.5, 0.6) is 0 Å². The van der Waals surface area contributed by atoms with Gasteiger partial charge in [-0.05, 0) is 57.4 Å². The summed E-state index contributed by atoms with van der Waals surface area (Å²) >= 11 is 0. The number of allylic oxidation sites excluding steroid dienone is 1. The highest BCUT2D eigenvalue weighted by Gasteiger charge is 2.09. The molecular formula is C15H23N. The number of aryl methyl sites for hydroxylation is 2. The second-order valence-corrected chi connectivity index (χ2v) is 4.68. The molecule has 0 fully saturated rings. The van der Waals surface area contributed by atoms with Crippen molar-refractivity contribution in [3.8, 4) is 0 Å². The first-order valence-electron chi connectivity index (χ1n) is 5.93. The van der Waals surface area contributed by atoms with Crippen LogP contribution in [-0.4, -0.2) is 7.05 Å². The summed E-state index contributed by atoms with van der Waals surface area (Å²) in [6, 6.07) is 7.16. The Morgan fingerprint density at radius 3 is 2.50 bits per heavy atom. The van der Waals surface area contributed by atoms with Crippen molar-refractivity contribution in [1.29, 1.82) is 0 Å². The van der Waals surface area contributed by atoms with Crippen LogP contribution in [0.25, 0.3) is 0 Å². The Balaban J connectivity index is 2.78. The Hall–Kier alpha value is -1.08. The first-order valence-corrected chi connectivity index (χ1v) is 5.93. The van der Waals surface area contributed by atoms with E-state index in [4.69, 9.17) is 0 Å². The van der Waals surface area contributed by atoms with E-state index in [9.17, 15) is 0 Å². The first-order chi connectivity index (χ1) is 7.54. The predicted octanol–water partition coefficient (Wildman–Crippen LogP) is 3.92. The average Bonchev–Trinajstić information content (AvgIpc) is 2.23. The van der Waals surface area contributed by atoms with Gasteiger partial charge in [0.05, 0.1) is 0 Å². The highest BCUT2D eigenvalue weighted by atomic mass is 14.9. The molecule has 0 aromatic heterocycles. The molecule has 0 aliphatic rings. The molecule has 0 bridgehead atoms. The van der Waals surface area contributed by atoms with Gasteiger partial charge in [0.1, 0.15) is 0 Å². The van der Waals surface area contributed by atoms with Crippen LogP contribution in [0.1, 0.15) is 42.5 Å². The van der Waals surface area contributed by atoms with Gasteiger partial charge in [0.2, 0.25) is 0 Å². The summed E-state index contributed by atoms with van der Waals surface area (Å²) in [7, 11) is 2.03. The van der Waals surface area contributed by atoms with E-state index in [0.29, 0.717) is 6.04 Å². The van der Waals surface area contributed by atoms with E-state index in [1.807, 2.05) is 7.05 Å². The lowest BCUT2D eigenvalue weighted by molar-refractivity contribution is 0.548. The van der Waals surface area contributed by atoms with Crippen molar-refractivity contribution >= 4 is 0 Å². The number of benzene rings is 1. The molecule has 1 nitrogen and oxygen atoms in total. The van der Waals surface area contributed by atoms with Crippen molar-refractivity contribution in [2.75, 3.05) is 7.05 Å². The van der Waals surface area contributed by atoms with Crippen LogP contribution in [0, 0.1) is 13.8 Å². The van der Waals surface area contributed by atoms with Crippen LogP contribution >= 0.6 is 0 Å². The van der Waals surface area contributed by atoms with Crippen LogP contribution < -0.4 is 5.32 Å². The van der Waals surface area contributed by atoms with Crippen LogP contribution in [0.4, 0.5) is 0 Å². The van der Waals surface area contributed by atoms with E-state index in [1.165, 1.54) is 22.3 Å². The third-order valence-corrected chi connectivity index (χ3v) is 3.14. The van der Waals surface area contributed by atoms with Crippen LogP contribution in [0.2, 0.25) is 0 Å². The monoisotopic (exact) mass is 217 g/mol. The lowest BCUT2D eigenvalue weighted by Crippen LogP contribution is -2.16. The number of hydrogen-bond acceptors (Lipinski definition) is 1. The maximum Gasteiger partial charge on any atom is 0.0320 e. The molecule has 1 rings (SSSR count). The van der Waals surface area contributed by atoms with Gasteiger partial charge in [-0.3, -0.25) is 0 Å². The molecule has 0 amide bonds. The number of hydrogen-bond donors (Lipinski definition) is 1. The Kier molecular flexibility index (Phi) is 4.75. The molecule has 0 aliphatic carbocycles. The zero-order valence-corrected chi connectivity index (χ0v) is 10.9. The summed E-state index contributed by atoms with van der Waals surface area (Å²) in [4.78, 5) is 0. The molecule has 1 unspecified atom stereocenters. The van der Waals surface area contributed by atoms with E-state index >= 15 is 0 Å². The number of rotatable bonds is 5. The molecule has 0 saturated heterocycles. The van der Waals surface area contributed by atoms with Gasteiger partial charge in [-0.2, -0.15) is 0 Å². The van der Waals surface area contributed by atoms with Crippen LogP contribution in [-0.2, 0) is 0 Å². The molecule has 1 heteroatoms. The molecule has 1 N–H and O–H groups in total. The van der Waals surface area contributed by atoms with E-state index in [1.54, 1.807) is 0 Å². The molecule has 1 aromatic rings. The zero-order chi connectivity index (χ0) is 12.1. The highest BCUT2D eigenvalue weighted by Crippen LogP contribution is 2.22. The quantitative estimate of drug-likeness (QED) is 0.737. The minimum atomic E-state index is 0.441. The summed E-state index contributed by atoms with van der Waals surface area (Å²) < 4.78 is 0. The third-order valence-electron chi connectivity index (χ3n) is 3.14. The van der Waals surface area contributed by atoms with E-state index in [-0.39, 0.29) is 0 Å². The minimum Gasteiger partial charge on any atom is -0.313 e. The Labute approximate surface area is 99.6 Å². The van der Waals surface area contributed by atoms with Crippen molar-refractivity contribution in [1.82, 2.24) is 5.32 Å². The van der Waals surface area contributed by atoms with Gasteiger partial charge in [-0.15, -0.1) is 6.58 Å². The van der Waals surface area contributed by atoms with E-state index in [2.05, 4.69) is 50.9 Å². The summed E-state index contributed by atoms with van der Waals surface area (Å²) in [6.45, 7) is 10.4. The summed E-state index contributed by atoms with van der Waals surface area (Å²) in [5.74, 6) is 0. The fourth-order valence-corrected chi connectivity index (χ4v) is 1.85. The van der Waals surface area contributed by atoms with Gasteiger partial charge in [-0.25, -0.2) is 0 Å². The maximum atomic E-state index is 3.96. The van der Waals surface area contributed by atoms with Crippen molar-refractivity contribution in [2.45, 2.75) is 39.7 Å². The molecule has 0 spiro atoms. The molecular weight excluding hydrogens is 194 g/mol. The van der Waals surface area contributed by atoms with E-state index < -0.39 is 0 Å². The fraction of sp³-hybridized carbons (Fsp3) is 0.467. The topological polar surface area (TPSA) is 12.0 Å². The van der Waals surface area contributed by atoms with Gasteiger partial charge in [-0.1, -0.05) is 23.8 Å². The SMILES string of the molecule is C=C(C)CCC(NC)c1ccc(C)c(C)c1. The van der Waals surface area contributed by atoms with Crippen LogP contribution in [0.15, 0.2) is 30.4 Å². The van der Waals surface area contributed by atoms with Crippen molar-refractivity contribution in [2.24, 2.45) is 0 Å². The van der Waals surface area contributed by atoms with Gasteiger partial charge in [0.25, 0.3) is 0 Å². The molecule has 1 aromatic carbocycles. The Bertz CT molecular complexity index is 366.